The molecule has 0 amide bonds. The Bertz CT molecular complexity index is 561. The van der Waals surface area contributed by atoms with Gasteiger partial charge in [0, 0.05) is 45.7 Å². The summed E-state index contributed by atoms with van der Waals surface area (Å²) >= 11 is 0. The first-order chi connectivity index (χ1) is 13.5. The molecule has 0 aliphatic heterocycles. The Balaban J connectivity index is -0.000000179. The highest BCUT2D eigenvalue weighted by Gasteiger charge is 2.42. The molecule has 0 spiro atoms. The highest BCUT2D eigenvalue weighted by atomic mass is 31.2. The molecule has 2 unspecified atom stereocenters. The SMILES string of the molecule is CC(C)(C)C.CC(C)(C)C.[B][B]B([B])P(=O)(B([B])[B])C(C)(C)C.[B][B]P([B])(=C)C(C)(C)C. The Morgan fingerprint density at radius 3 is 0.969 bits per heavy atom. The quantitative estimate of drug-likeness (QED) is 0.447. The third kappa shape index (κ3) is 21.7. The topological polar surface area (TPSA) is 17.1 Å². The van der Waals surface area contributed by atoms with Crippen molar-refractivity contribution in [3.63, 3.8) is 0 Å². The summed E-state index contributed by atoms with van der Waals surface area (Å²) in [6, 6.07) is 0. The summed E-state index contributed by atoms with van der Waals surface area (Å²) in [5.74, 6) is 0. The zero-order valence-electron chi connectivity index (χ0n) is 23.8. The van der Waals surface area contributed by atoms with E-state index in [4.69, 9.17) is 46.3 Å². The van der Waals surface area contributed by atoms with Gasteiger partial charge in [-0.25, -0.2) is 0 Å². The van der Waals surface area contributed by atoms with E-state index in [0.717, 1.165) is 0 Å². The number of hydrogen-bond donors (Lipinski definition) is 0. The summed E-state index contributed by atoms with van der Waals surface area (Å²) in [6.45, 7) is 26.0. The minimum Gasteiger partial charge on any atom is -0.346 e. The lowest BCUT2D eigenvalue weighted by Crippen LogP contribution is -2.41. The number of rotatable bonds is 4. The van der Waals surface area contributed by atoms with E-state index in [1.54, 1.807) is 27.7 Å². The molecule has 0 fully saturated rings. The number of hydrogen-bond acceptors (Lipinski definition) is 1. The Morgan fingerprint density at radius 2 is 0.938 bits per heavy atom. The molecule has 2 atom stereocenters. The van der Waals surface area contributed by atoms with Crippen molar-refractivity contribution in [1.82, 2.24) is 0 Å². The maximum atomic E-state index is 12.4. The van der Waals surface area contributed by atoms with Crippen LogP contribution in [0.1, 0.15) is 96.9 Å². The van der Waals surface area contributed by atoms with Crippen molar-refractivity contribution in [2.75, 3.05) is 0 Å². The van der Waals surface area contributed by atoms with E-state index in [1.165, 1.54) is 7.06 Å². The van der Waals surface area contributed by atoms with Crippen molar-refractivity contribution < 1.29 is 4.57 Å². The summed E-state index contributed by atoms with van der Waals surface area (Å²) in [7, 11) is 34.2. The predicted octanol–water partition coefficient (Wildman–Crippen LogP) is 4.54. The highest BCUT2D eigenvalue weighted by Crippen LogP contribution is 2.58. The van der Waals surface area contributed by atoms with Crippen LogP contribution in [0, 0.1) is 10.8 Å². The van der Waals surface area contributed by atoms with Crippen molar-refractivity contribution in [2.45, 2.75) is 107 Å². The first-order valence-corrected chi connectivity index (χ1v) is 14.9. The second-order valence-electron chi connectivity index (χ2n) is 13.3. The van der Waals surface area contributed by atoms with Crippen LogP contribution in [0.3, 0.4) is 0 Å². The van der Waals surface area contributed by atoms with Crippen LogP contribution in [-0.2, 0) is 4.57 Å². The van der Waals surface area contributed by atoms with Crippen LogP contribution < -0.4 is 0 Å². The summed E-state index contributed by atoms with van der Waals surface area (Å²) in [5, 5.41) is -0.488. The maximum absolute atomic E-state index is 12.4. The fourth-order valence-electron chi connectivity index (χ4n) is 1.44. The van der Waals surface area contributed by atoms with Gasteiger partial charge < -0.3 is 4.57 Å². The van der Waals surface area contributed by atoms with Crippen LogP contribution in [0.4, 0.5) is 0 Å². The van der Waals surface area contributed by atoms with Crippen LogP contribution in [0.5, 0.6) is 0 Å². The lowest BCUT2D eigenvalue weighted by Gasteiger charge is -2.39. The molecule has 0 saturated heterocycles. The average Bonchev–Trinajstić information content (AvgIpc) is 2.48. The summed E-state index contributed by atoms with van der Waals surface area (Å²) in [5.41, 5.74) is 1.00. The van der Waals surface area contributed by atoms with Crippen LogP contribution in [-0.4, -0.2) is 89.2 Å². The largest absolute Gasteiger partial charge is 0.346 e. The van der Waals surface area contributed by atoms with Crippen LogP contribution >= 0.6 is 13.5 Å². The van der Waals surface area contributed by atoms with E-state index in [1.807, 2.05) is 0 Å². The van der Waals surface area contributed by atoms with Crippen molar-refractivity contribution in [3.8, 4) is 0 Å². The molecule has 0 aliphatic carbocycles. The molecule has 0 aliphatic rings. The molecule has 13 heteroatoms. The van der Waals surface area contributed by atoms with Crippen LogP contribution in [0.2, 0.25) is 0 Å². The second-order valence-corrected chi connectivity index (χ2v) is 20.8. The predicted molar refractivity (Wildman–Crippen MR) is 169 cm³/mol. The molecule has 0 aromatic carbocycles. The van der Waals surface area contributed by atoms with E-state index < -0.39 is 31.1 Å². The molecule has 14 radical (unpaired) electrons. The van der Waals surface area contributed by atoms with E-state index in [9.17, 15) is 4.57 Å². The summed E-state index contributed by atoms with van der Waals surface area (Å²) in [6.07, 6.45) is 2.20. The van der Waals surface area contributed by atoms with Gasteiger partial charge >= 0.3 is 0 Å². The summed E-state index contributed by atoms with van der Waals surface area (Å²) < 4.78 is 12.4. The average molecular weight is 459 g/mol. The normalized spacial score (nSPS) is 15.4. The Kier molecular flexibility index (Phi) is 19.3. The second kappa shape index (κ2) is 15.3. The zero-order chi connectivity index (χ0) is 27.6. The first-order valence-electron chi connectivity index (χ1n) is 11.0. The molecule has 0 heterocycles. The zero-order valence-corrected chi connectivity index (χ0v) is 25.6. The van der Waals surface area contributed by atoms with Gasteiger partial charge in [-0.05, 0) is 28.0 Å². The monoisotopic (exact) mass is 460 g/mol. The maximum Gasteiger partial charge on any atom is 0.111 e. The Hall–Kier alpha value is 1.18. The lowest BCUT2D eigenvalue weighted by molar-refractivity contribution is 0.469. The smallest absolute Gasteiger partial charge is 0.111 e. The van der Waals surface area contributed by atoms with Gasteiger partial charge in [-0.15, -0.1) is 6.30 Å². The van der Waals surface area contributed by atoms with Crippen molar-refractivity contribution in [1.29, 1.82) is 0 Å². The van der Waals surface area contributed by atoms with E-state index in [2.05, 4.69) is 82.5 Å². The van der Waals surface area contributed by atoms with Gasteiger partial charge in [-0.2, -0.15) is 6.64 Å². The van der Waals surface area contributed by atoms with E-state index >= 15 is 0 Å². The van der Waals surface area contributed by atoms with Gasteiger partial charge in [-0.1, -0.05) is 96.9 Å². The fraction of sp³-hybridized carbons (Fsp3) is 0.947. The van der Waals surface area contributed by atoms with Gasteiger partial charge in [-0.3, -0.25) is 0 Å². The van der Waals surface area contributed by atoms with Gasteiger partial charge in [0.05, 0.1) is 14.5 Å². The van der Waals surface area contributed by atoms with Crippen LogP contribution in [0.15, 0.2) is 0 Å². The Morgan fingerprint density at radius 1 is 0.688 bits per heavy atom. The van der Waals surface area contributed by atoms with E-state index in [0.29, 0.717) is 10.8 Å². The van der Waals surface area contributed by atoms with Crippen LogP contribution in [0.25, 0.3) is 0 Å². The van der Waals surface area contributed by atoms with Gasteiger partial charge in [0.15, 0.2) is 0 Å². The van der Waals surface area contributed by atoms with Crippen molar-refractivity contribution in [3.05, 3.63) is 0 Å². The van der Waals surface area contributed by atoms with E-state index in [-0.39, 0.29) is 5.16 Å². The molecule has 166 valence electrons. The molecule has 0 aromatic heterocycles. The third-order valence-corrected chi connectivity index (χ3v) is 10.7. The molecule has 32 heavy (non-hydrogen) atoms. The molecule has 0 aromatic rings. The molecule has 0 rings (SSSR count). The van der Waals surface area contributed by atoms with Gasteiger partial charge in [0.2, 0.25) is 0 Å². The lowest BCUT2D eigenvalue weighted by atomic mass is 9.18. The van der Waals surface area contributed by atoms with Gasteiger partial charge in [0.25, 0.3) is 0 Å². The third-order valence-electron chi connectivity index (χ3n) is 3.65. The molecule has 0 N–H and O–H groups in total. The minimum atomic E-state index is -2.91. The molecular weight excluding hydrogens is 414 g/mol. The fourth-order valence-corrected chi connectivity index (χ4v) is 4.33. The van der Waals surface area contributed by atoms with Crippen molar-refractivity contribution >= 4 is 92.5 Å². The Labute approximate surface area is 214 Å². The molecule has 0 saturated carbocycles. The molecule has 0 bridgehead atoms. The van der Waals surface area contributed by atoms with Crippen molar-refractivity contribution in [2.24, 2.45) is 10.8 Å². The highest BCUT2D eigenvalue weighted by molar-refractivity contribution is 8.33. The standard InChI is InChI=1S/C5H11B3P.2C5H12.C4H9B7OP/c1-5(2,3)9(4,7)8-6;2*1-5(2,3)4;1-4(2,3)13(12,10(6)7)11(8)9-5/h4H2,1-3H3;2*1-4H3;1-3H3. The first kappa shape index (κ1) is 40.4. The molecule has 1 nitrogen and oxygen atoms in total. The molecular formula is C19H44B10OP2. The van der Waals surface area contributed by atoms with Gasteiger partial charge in [0.1, 0.15) is 12.4 Å². The summed E-state index contributed by atoms with van der Waals surface area (Å²) in [4.78, 5) is 0. The minimum absolute atomic E-state index is 0.0434.